The summed E-state index contributed by atoms with van der Waals surface area (Å²) in [6.45, 7) is 2.00. The zero-order valence-corrected chi connectivity index (χ0v) is 12.4. The van der Waals surface area contributed by atoms with Gasteiger partial charge < -0.3 is 15.5 Å². The highest BCUT2D eigenvalue weighted by Crippen LogP contribution is 2.48. The van der Waals surface area contributed by atoms with Gasteiger partial charge in [-0.2, -0.15) is 0 Å². The Morgan fingerprint density at radius 3 is 2.81 bits per heavy atom. The highest BCUT2D eigenvalue weighted by Gasteiger charge is 2.47. The number of nitrogens with one attached hydrogen (secondary N) is 1. The van der Waals surface area contributed by atoms with Gasteiger partial charge in [0.1, 0.15) is 5.75 Å². The van der Waals surface area contributed by atoms with Crippen LogP contribution in [0.4, 0.5) is 0 Å². The zero-order valence-electron chi connectivity index (χ0n) is 12.4. The van der Waals surface area contributed by atoms with Crippen LogP contribution in [-0.4, -0.2) is 28.8 Å². The van der Waals surface area contributed by atoms with Crippen molar-refractivity contribution in [3.63, 3.8) is 0 Å². The maximum Gasteiger partial charge on any atom is 0.224 e. The van der Waals surface area contributed by atoms with Crippen molar-refractivity contribution < 1.29 is 15.0 Å². The molecule has 0 heterocycles. The Kier molecular flexibility index (Phi) is 3.89. The Morgan fingerprint density at radius 2 is 2.10 bits per heavy atom. The number of fused-ring (bicyclic) bond motifs is 2. The summed E-state index contributed by atoms with van der Waals surface area (Å²) in [7, 11) is 0. The molecule has 0 aromatic heterocycles. The van der Waals surface area contributed by atoms with Crippen LogP contribution in [-0.2, 0) is 11.2 Å². The second-order valence-electron chi connectivity index (χ2n) is 6.57. The van der Waals surface area contributed by atoms with Crippen molar-refractivity contribution in [2.24, 2.45) is 17.8 Å². The molecule has 4 heteroatoms. The smallest absolute Gasteiger partial charge is 0.224 e. The topological polar surface area (TPSA) is 69.6 Å². The molecule has 2 aliphatic carbocycles. The fourth-order valence-electron chi connectivity index (χ4n) is 4.09. The summed E-state index contributed by atoms with van der Waals surface area (Å²) in [6.07, 6.45) is 3.77. The second kappa shape index (κ2) is 5.68. The van der Waals surface area contributed by atoms with Gasteiger partial charge in [0.05, 0.1) is 6.42 Å². The molecule has 2 aliphatic rings. The van der Waals surface area contributed by atoms with E-state index in [1.54, 1.807) is 6.07 Å². The average molecular weight is 289 g/mol. The van der Waals surface area contributed by atoms with Gasteiger partial charge in [0.2, 0.25) is 5.91 Å². The molecule has 4 nitrogen and oxygen atoms in total. The van der Waals surface area contributed by atoms with Gasteiger partial charge in [-0.15, -0.1) is 0 Å². The Morgan fingerprint density at radius 1 is 1.33 bits per heavy atom. The van der Waals surface area contributed by atoms with E-state index in [1.165, 1.54) is 6.42 Å². The number of phenols is 1. The van der Waals surface area contributed by atoms with E-state index in [0.717, 1.165) is 24.0 Å². The molecule has 4 atom stereocenters. The number of benzene rings is 1. The minimum Gasteiger partial charge on any atom is -0.508 e. The van der Waals surface area contributed by atoms with Gasteiger partial charge in [0.15, 0.2) is 0 Å². The normalized spacial score (nSPS) is 30.6. The number of carbonyl (C=O) groups excluding carboxylic acids is 1. The maximum absolute atomic E-state index is 12.2. The Hall–Kier alpha value is -1.55. The van der Waals surface area contributed by atoms with Crippen molar-refractivity contribution in [3.05, 3.63) is 29.3 Å². The first-order valence-corrected chi connectivity index (χ1v) is 7.77. The van der Waals surface area contributed by atoms with Crippen LogP contribution >= 0.6 is 0 Å². The third-order valence-corrected chi connectivity index (χ3v) is 5.27. The lowest BCUT2D eigenvalue weighted by molar-refractivity contribution is -0.122. The van der Waals surface area contributed by atoms with Gasteiger partial charge in [-0.25, -0.2) is 0 Å². The van der Waals surface area contributed by atoms with Crippen LogP contribution in [0.1, 0.15) is 30.4 Å². The number of phenolic OH excluding ortho intramolecular Hbond substituents is 1. The van der Waals surface area contributed by atoms with Gasteiger partial charge in [0, 0.05) is 18.6 Å². The molecule has 21 heavy (non-hydrogen) atoms. The molecule has 1 aromatic rings. The molecular weight excluding hydrogens is 266 g/mol. The molecule has 3 N–H and O–H groups in total. The van der Waals surface area contributed by atoms with E-state index >= 15 is 0 Å². The molecule has 0 spiro atoms. The van der Waals surface area contributed by atoms with Gasteiger partial charge in [0.25, 0.3) is 0 Å². The minimum atomic E-state index is -0.0192. The summed E-state index contributed by atoms with van der Waals surface area (Å²) in [4.78, 5) is 12.2. The largest absolute Gasteiger partial charge is 0.508 e. The predicted octanol–water partition coefficient (Wildman–Crippen LogP) is 1.77. The first kappa shape index (κ1) is 14.4. The molecule has 2 fully saturated rings. The third-order valence-electron chi connectivity index (χ3n) is 5.27. The molecule has 1 amide bonds. The minimum absolute atomic E-state index is 0.0192. The number of aryl methyl sites for hydroxylation is 1. The molecule has 2 bridgehead atoms. The summed E-state index contributed by atoms with van der Waals surface area (Å²) in [5, 5.41) is 22.4. The zero-order chi connectivity index (χ0) is 15.0. The van der Waals surface area contributed by atoms with E-state index in [2.05, 4.69) is 5.32 Å². The monoisotopic (exact) mass is 289 g/mol. The van der Waals surface area contributed by atoms with Crippen LogP contribution in [0.3, 0.4) is 0 Å². The first-order chi connectivity index (χ1) is 10.1. The molecule has 2 saturated carbocycles. The third kappa shape index (κ3) is 2.77. The number of aromatic hydroxyl groups is 1. The van der Waals surface area contributed by atoms with Crippen molar-refractivity contribution in [1.82, 2.24) is 5.32 Å². The van der Waals surface area contributed by atoms with E-state index < -0.39 is 0 Å². The summed E-state index contributed by atoms with van der Waals surface area (Å²) < 4.78 is 0. The summed E-state index contributed by atoms with van der Waals surface area (Å²) in [5.41, 5.74) is 1.63. The van der Waals surface area contributed by atoms with E-state index in [0.29, 0.717) is 11.8 Å². The van der Waals surface area contributed by atoms with Crippen molar-refractivity contribution >= 4 is 5.91 Å². The Bertz CT molecular complexity index is 543. The molecule has 3 rings (SSSR count). The van der Waals surface area contributed by atoms with E-state index in [9.17, 15) is 15.0 Å². The lowest BCUT2D eigenvalue weighted by Gasteiger charge is -2.30. The lowest BCUT2D eigenvalue weighted by atomic mass is 9.85. The molecule has 0 saturated heterocycles. The number of amides is 1. The number of aliphatic hydroxyl groups excluding tert-OH is 1. The van der Waals surface area contributed by atoms with Crippen molar-refractivity contribution in [2.75, 3.05) is 6.61 Å². The Labute approximate surface area is 125 Å². The van der Waals surface area contributed by atoms with Gasteiger partial charge in [-0.05, 0) is 55.2 Å². The van der Waals surface area contributed by atoms with E-state index in [-0.39, 0.29) is 36.6 Å². The predicted molar refractivity (Wildman–Crippen MR) is 79.9 cm³/mol. The average Bonchev–Trinajstić information content (AvgIpc) is 3.03. The van der Waals surface area contributed by atoms with Crippen LogP contribution in [0, 0.1) is 24.7 Å². The number of hydrogen-bond donors (Lipinski definition) is 3. The molecule has 114 valence electrons. The fourth-order valence-corrected chi connectivity index (χ4v) is 4.09. The van der Waals surface area contributed by atoms with Gasteiger partial charge in [-0.1, -0.05) is 12.1 Å². The maximum atomic E-state index is 12.2. The SMILES string of the molecule is Cc1ccc(CC(=O)NC2C3CCC(C3)C2CO)cc1O. The standard InChI is InChI=1S/C17H23NO3/c1-10-2-3-11(6-15(10)20)7-16(21)18-17-13-5-4-12(8-13)14(17)9-19/h2-3,6,12-14,17,19-20H,4-5,7-9H2,1H3,(H,18,21). The van der Waals surface area contributed by atoms with Crippen molar-refractivity contribution in [2.45, 2.75) is 38.6 Å². The lowest BCUT2D eigenvalue weighted by Crippen LogP contribution is -2.45. The van der Waals surface area contributed by atoms with Crippen molar-refractivity contribution in [3.8, 4) is 5.75 Å². The number of carbonyl (C=O) groups is 1. The van der Waals surface area contributed by atoms with Gasteiger partial charge >= 0.3 is 0 Å². The molecule has 1 aromatic carbocycles. The van der Waals surface area contributed by atoms with Crippen LogP contribution in [0.2, 0.25) is 0 Å². The number of hydrogen-bond acceptors (Lipinski definition) is 3. The first-order valence-electron chi connectivity index (χ1n) is 7.77. The van der Waals surface area contributed by atoms with E-state index in [1.807, 2.05) is 19.1 Å². The fraction of sp³-hybridized carbons (Fsp3) is 0.588. The van der Waals surface area contributed by atoms with Crippen LogP contribution in [0.15, 0.2) is 18.2 Å². The molecular formula is C17H23NO3. The van der Waals surface area contributed by atoms with Crippen LogP contribution < -0.4 is 5.32 Å². The highest BCUT2D eigenvalue weighted by molar-refractivity contribution is 5.79. The molecule has 0 radical (unpaired) electrons. The molecule has 4 unspecified atom stereocenters. The quantitative estimate of drug-likeness (QED) is 0.791. The summed E-state index contributed by atoms with van der Waals surface area (Å²) in [5.74, 6) is 1.54. The highest BCUT2D eigenvalue weighted by atomic mass is 16.3. The van der Waals surface area contributed by atoms with E-state index in [4.69, 9.17) is 0 Å². The van der Waals surface area contributed by atoms with Crippen LogP contribution in [0.5, 0.6) is 5.75 Å². The summed E-state index contributed by atoms with van der Waals surface area (Å²) >= 11 is 0. The van der Waals surface area contributed by atoms with Crippen LogP contribution in [0.25, 0.3) is 0 Å². The van der Waals surface area contributed by atoms with Crippen molar-refractivity contribution in [1.29, 1.82) is 0 Å². The second-order valence-corrected chi connectivity index (χ2v) is 6.57. The van der Waals surface area contributed by atoms with Gasteiger partial charge in [-0.3, -0.25) is 4.79 Å². The summed E-state index contributed by atoms with van der Waals surface area (Å²) in [6, 6.07) is 5.48. The number of aliphatic hydroxyl groups is 1. The molecule has 0 aliphatic heterocycles. The Balaban J connectivity index is 1.62. The number of rotatable bonds is 4.